The van der Waals surface area contributed by atoms with Crippen molar-refractivity contribution in [3.8, 4) is 0 Å². The van der Waals surface area contributed by atoms with Crippen LogP contribution in [0.5, 0.6) is 0 Å². The molecule has 1 heteroatoms. The molecule has 2 N–H and O–H groups in total. The third-order valence-corrected chi connectivity index (χ3v) is 2.69. The first-order valence-corrected chi connectivity index (χ1v) is 6.10. The van der Waals surface area contributed by atoms with Crippen LogP contribution in [0.3, 0.4) is 0 Å². The summed E-state index contributed by atoms with van der Waals surface area (Å²) in [5, 5.41) is 2.48. The summed E-state index contributed by atoms with van der Waals surface area (Å²) < 4.78 is 0. The molecule has 17 heavy (non-hydrogen) atoms. The molecule has 0 aromatic heterocycles. The Balaban J connectivity index is 0.000000686. The Hall–Kier alpha value is -1.60. The van der Waals surface area contributed by atoms with E-state index in [0.717, 1.165) is 5.57 Å². The highest BCUT2D eigenvalue weighted by molar-refractivity contribution is 5.88. The van der Waals surface area contributed by atoms with Crippen molar-refractivity contribution in [3.63, 3.8) is 0 Å². The fraction of sp³-hybridized carbons (Fsp3) is 0.250. The van der Waals surface area contributed by atoms with E-state index in [4.69, 9.17) is 5.73 Å². The lowest BCUT2D eigenvalue weighted by molar-refractivity contribution is 1.09. The van der Waals surface area contributed by atoms with Gasteiger partial charge in [-0.25, -0.2) is 0 Å². The summed E-state index contributed by atoms with van der Waals surface area (Å²) in [6.07, 6.45) is 0. The molecule has 0 fully saturated rings. The second kappa shape index (κ2) is 6.21. The van der Waals surface area contributed by atoms with Crippen molar-refractivity contribution in [2.24, 2.45) is 5.73 Å². The van der Waals surface area contributed by atoms with Crippen LogP contribution in [0.25, 0.3) is 16.3 Å². The first-order valence-electron chi connectivity index (χ1n) is 6.10. The Labute approximate surface area is 104 Å². The van der Waals surface area contributed by atoms with Gasteiger partial charge in [0.2, 0.25) is 0 Å². The SMILES string of the molecule is C=C(C)c1ccc2cccc(CN)c2c1.CC. The van der Waals surface area contributed by atoms with E-state index in [2.05, 4.69) is 36.9 Å². The van der Waals surface area contributed by atoms with Gasteiger partial charge in [-0.05, 0) is 34.9 Å². The third-order valence-electron chi connectivity index (χ3n) is 2.69. The number of fused-ring (bicyclic) bond motifs is 1. The van der Waals surface area contributed by atoms with Gasteiger partial charge < -0.3 is 5.73 Å². The molecule has 2 aromatic carbocycles. The van der Waals surface area contributed by atoms with Gasteiger partial charge >= 0.3 is 0 Å². The predicted octanol–water partition coefficient (Wildman–Crippen LogP) is 4.36. The van der Waals surface area contributed by atoms with Crippen LogP contribution < -0.4 is 5.73 Å². The molecule has 2 aromatic rings. The average molecular weight is 227 g/mol. The molecule has 0 aliphatic heterocycles. The molecule has 0 unspecified atom stereocenters. The third kappa shape index (κ3) is 2.95. The van der Waals surface area contributed by atoms with Gasteiger partial charge in [-0.2, -0.15) is 0 Å². The van der Waals surface area contributed by atoms with E-state index in [1.165, 1.54) is 21.9 Å². The lowest BCUT2D eigenvalue weighted by Gasteiger charge is -2.06. The van der Waals surface area contributed by atoms with Gasteiger partial charge in [0.1, 0.15) is 0 Å². The van der Waals surface area contributed by atoms with Crippen molar-refractivity contribution in [3.05, 3.63) is 54.1 Å². The quantitative estimate of drug-likeness (QED) is 0.810. The molecule has 0 amide bonds. The molecule has 0 aliphatic rings. The van der Waals surface area contributed by atoms with Gasteiger partial charge in [0, 0.05) is 6.54 Å². The van der Waals surface area contributed by atoms with Crippen LogP contribution in [0.4, 0.5) is 0 Å². The summed E-state index contributed by atoms with van der Waals surface area (Å²) in [7, 11) is 0. The van der Waals surface area contributed by atoms with Gasteiger partial charge in [0.05, 0.1) is 0 Å². The molecule has 0 radical (unpaired) electrons. The summed E-state index contributed by atoms with van der Waals surface area (Å²) in [6.45, 7) is 10.6. The molecular formula is C16H21N. The van der Waals surface area contributed by atoms with Crippen LogP contribution in [0.1, 0.15) is 31.9 Å². The highest BCUT2D eigenvalue weighted by Crippen LogP contribution is 2.23. The molecule has 90 valence electrons. The zero-order valence-corrected chi connectivity index (χ0v) is 11.0. The Kier molecular flexibility index (Phi) is 4.92. The van der Waals surface area contributed by atoms with Crippen molar-refractivity contribution < 1.29 is 0 Å². The molecule has 2 rings (SSSR count). The average Bonchev–Trinajstić information content (AvgIpc) is 2.39. The van der Waals surface area contributed by atoms with Crippen LogP contribution in [-0.4, -0.2) is 0 Å². The summed E-state index contributed by atoms with van der Waals surface area (Å²) in [5.74, 6) is 0. The molecule has 1 nitrogen and oxygen atoms in total. The highest BCUT2D eigenvalue weighted by atomic mass is 14.5. The minimum absolute atomic E-state index is 0.580. The Morgan fingerprint density at radius 3 is 2.47 bits per heavy atom. The van der Waals surface area contributed by atoms with Gasteiger partial charge in [0.25, 0.3) is 0 Å². The Morgan fingerprint density at radius 1 is 1.18 bits per heavy atom. The molecule has 0 saturated heterocycles. The summed E-state index contributed by atoms with van der Waals surface area (Å²) >= 11 is 0. The molecule has 0 spiro atoms. The second-order valence-electron chi connectivity index (χ2n) is 3.84. The molecule has 0 atom stereocenters. The molecule has 0 heterocycles. The van der Waals surface area contributed by atoms with E-state index < -0.39 is 0 Å². The topological polar surface area (TPSA) is 26.0 Å². The zero-order valence-electron chi connectivity index (χ0n) is 11.0. The number of hydrogen-bond acceptors (Lipinski definition) is 1. The highest BCUT2D eigenvalue weighted by Gasteiger charge is 2.00. The second-order valence-corrected chi connectivity index (χ2v) is 3.84. The van der Waals surface area contributed by atoms with E-state index in [-0.39, 0.29) is 0 Å². The van der Waals surface area contributed by atoms with E-state index in [9.17, 15) is 0 Å². The van der Waals surface area contributed by atoms with Gasteiger partial charge in [0.15, 0.2) is 0 Å². The van der Waals surface area contributed by atoms with Crippen LogP contribution in [0.15, 0.2) is 43.0 Å². The lowest BCUT2D eigenvalue weighted by atomic mass is 9.99. The normalized spacial score (nSPS) is 9.65. The number of rotatable bonds is 2. The van der Waals surface area contributed by atoms with E-state index in [1.54, 1.807) is 0 Å². The first-order chi connectivity index (χ1) is 8.22. The number of allylic oxidation sites excluding steroid dienone is 1. The fourth-order valence-corrected chi connectivity index (χ4v) is 1.78. The van der Waals surface area contributed by atoms with Crippen molar-refractivity contribution in [1.82, 2.24) is 0 Å². The first kappa shape index (κ1) is 13.5. The molecule has 0 aliphatic carbocycles. The monoisotopic (exact) mass is 227 g/mol. The smallest absolute Gasteiger partial charge is 0.0184 e. The van der Waals surface area contributed by atoms with E-state index >= 15 is 0 Å². The van der Waals surface area contributed by atoms with Crippen LogP contribution in [0.2, 0.25) is 0 Å². The molecular weight excluding hydrogens is 206 g/mol. The molecule has 0 saturated carbocycles. The van der Waals surface area contributed by atoms with E-state index in [0.29, 0.717) is 6.54 Å². The summed E-state index contributed by atoms with van der Waals surface area (Å²) in [5.41, 5.74) is 9.18. The van der Waals surface area contributed by atoms with Crippen molar-refractivity contribution in [2.45, 2.75) is 27.3 Å². The minimum Gasteiger partial charge on any atom is -0.326 e. The lowest BCUT2D eigenvalue weighted by Crippen LogP contribution is -1.97. The van der Waals surface area contributed by atoms with Crippen LogP contribution in [0, 0.1) is 0 Å². The largest absolute Gasteiger partial charge is 0.326 e. The van der Waals surface area contributed by atoms with Gasteiger partial charge in [-0.15, -0.1) is 0 Å². The molecule has 0 bridgehead atoms. The predicted molar refractivity (Wildman–Crippen MR) is 77.9 cm³/mol. The maximum Gasteiger partial charge on any atom is 0.0184 e. The maximum atomic E-state index is 5.72. The Bertz CT molecular complexity index is 512. The van der Waals surface area contributed by atoms with E-state index in [1.807, 2.05) is 26.8 Å². The maximum absolute atomic E-state index is 5.72. The van der Waals surface area contributed by atoms with Crippen LogP contribution >= 0.6 is 0 Å². The fourth-order valence-electron chi connectivity index (χ4n) is 1.78. The standard InChI is InChI=1S/C14H15N.C2H6/c1-10(2)12-7-6-11-4-3-5-13(9-15)14(11)8-12;1-2/h3-8H,1,9,15H2,2H3;1-2H3. The zero-order chi connectivity index (χ0) is 12.8. The summed E-state index contributed by atoms with van der Waals surface area (Å²) in [4.78, 5) is 0. The van der Waals surface area contributed by atoms with Crippen LogP contribution in [-0.2, 0) is 6.54 Å². The number of nitrogens with two attached hydrogens (primary N) is 1. The van der Waals surface area contributed by atoms with Crippen molar-refractivity contribution in [1.29, 1.82) is 0 Å². The number of benzene rings is 2. The van der Waals surface area contributed by atoms with Gasteiger partial charge in [-0.3, -0.25) is 0 Å². The number of hydrogen-bond donors (Lipinski definition) is 1. The summed E-state index contributed by atoms with van der Waals surface area (Å²) in [6, 6.07) is 12.6. The Morgan fingerprint density at radius 2 is 1.88 bits per heavy atom. The van der Waals surface area contributed by atoms with Gasteiger partial charge in [-0.1, -0.05) is 56.3 Å². The van der Waals surface area contributed by atoms with Crippen molar-refractivity contribution in [2.75, 3.05) is 0 Å². The minimum atomic E-state index is 0.580. The van der Waals surface area contributed by atoms with Crippen molar-refractivity contribution >= 4 is 16.3 Å².